The number of aliphatic imine (C=N–C) groups is 1. The lowest BCUT2D eigenvalue weighted by Gasteiger charge is -2.21. The van der Waals surface area contributed by atoms with E-state index in [4.69, 9.17) is 14.2 Å². The second-order valence-electron chi connectivity index (χ2n) is 7.09. The van der Waals surface area contributed by atoms with Crippen LogP contribution in [0.25, 0.3) is 0 Å². The summed E-state index contributed by atoms with van der Waals surface area (Å²) in [7, 11) is 1.36. The van der Waals surface area contributed by atoms with E-state index in [-0.39, 0.29) is 11.8 Å². The van der Waals surface area contributed by atoms with Gasteiger partial charge in [-0.3, -0.25) is 0 Å². The summed E-state index contributed by atoms with van der Waals surface area (Å²) in [5.74, 6) is 1.48. The second-order valence-corrected chi connectivity index (χ2v) is 9.27. The van der Waals surface area contributed by atoms with Crippen LogP contribution < -0.4 is 14.8 Å². The normalized spacial score (nSPS) is 17.7. The fourth-order valence-electron chi connectivity index (χ4n) is 3.35. The molecule has 2 aromatic carbocycles. The molecule has 4 rings (SSSR count). The quantitative estimate of drug-likeness (QED) is 0.803. The minimum absolute atomic E-state index is 0.0574. The molecule has 154 valence electrons. The number of ether oxygens (including phenoxy) is 3. The highest BCUT2D eigenvalue weighted by Gasteiger charge is 2.30. The maximum absolute atomic E-state index is 12.1. The first-order valence-corrected chi connectivity index (χ1v) is 10.8. The predicted molar refractivity (Wildman–Crippen MR) is 109 cm³/mol. The molecule has 0 amide bonds. The summed E-state index contributed by atoms with van der Waals surface area (Å²) in [5, 5.41) is 3.28. The van der Waals surface area contributed by atoms with Crippen LogP contribution in [-0.4, -0.2) is 46.6 Å². The number of hydrogen-bond acceptors (Lipinski definition) is 7. The highest BCUT2D eigenvalue weighted by Crippen LogP contribution is 2.39. The SMILES string of the molecule is COc1cccc2c1C(NC1=Nc3ccc(CS(=O)(=O)N(C)C)cc3CO1)CO2. The third kappa shape index (κ3) is 3.88. The molecule has 0 aliphatic carbocycles. The van der Waals surface area contributed by atoms with Crippen molar-refractivity contribution < 1.29 is 22.6 Å². The van der Waals surface area contributed by atoms with Gasteiger partial charge in [0.05, 0.1) is 30.2 Å². The zero-order valence-electron chi connectivity index (χ0n) is 16.5. The molecule has 1 unspecified atom stereocenters. The summed E-state index contributed by atoms with van der Waals surface area (Å²) in [4.78, 5) is 4.54. The van der Waals surface area contributed by atoms with Crippen LogP contribution in [0.3, 0.4) is 0 Å². The Morgan fingerprint density at radius 1 is 1.24 bits per heavy atom. The Morgan fingerprint density at radius 3 is 2.83 bits per heavy atom. The van der Waals surface area contributed by atoms with E-state index in [0.717, 1.165) is 28.3 Å². The van der Waals surface area contributed by atoms with E-state index in [1.165, 1.54) is 18.4 Å². The minimum Gasteiger partial charge on any atom is -0.496 e. The van der Waals surface area contributed by atoms with Crippen LogP contribution in [0.4, 0.5) is 5.69 Å². The van der Waals surface area contributed by atoms with E-state index in [9.17, 15) is 8.42 Å². The van der Waals surface area contributed by atoms with E-state index in [0.29, 0.717) is 24.8 Å². The molecule has 2 aromatic rings. The third-order valence-corrected chi connectivity index (χ3v) is 6.74. The number of benzene rings is 2. The van der Waals surface area contributed by atoms with Crippen LogP contribution in [0, 0.1) is 0 Å². The second kappa shape index (κ2) is 7.57. The molecule has 2 aliphatic rings. The lowest BCUT2D eigenvalue weighted by Crippen LogP contribution is -2.32. The van der Waals surface area contributed by atoms with Crippen LogP contribution in [0.1, 0.15) is 22.7 Å². The van der Waals surface area contributed by atoms with E-state index in [1.807, 2.05) is 30.3 Å². The van der Waals surface area contributed by atoms with Crippen LogP contribution >= 0.6 is 0 Å². The molecule has 1 N–H and O–H groups in total. The lowest BCUT2D eigenvalue weighted by atomic mass is 10.1. The number of fused-ring (bicyclic) bond motifs is 2. The summed E-state index contributed by atoms with van der Waals surface area (Å²) in [6.45, 7) is 0.760. The van der Waals surface area contributed by atoms with Crippen molar-refractivity contribution in [3.8, 4) is 11.5 Å². The molecule has 29 heavy (non-hydrogen) atoms. The number of amidine groups is 1. The Labute approximate surface area is 170 Å². The highest BCUT2D eigenvalue weighted by molar-refractivity contribution is 7.88. The Kier molecular flexibility index (Phi) is 5.10. The average Bonchev–Trinajstić information content (AvgIpc) is 3.10. The number of methoxy groups -OCH3 is 1. The molecule has 0 bridgehead atoms. The standard InChI is InChI=1S/C20H23N3O5S/c1-23(2)29(24,25)12-13-7-8-15-14(9-13)10-28-20(21-15)22-16-11-27-18-6-4-5-17(26-3)19(16)18/h4-9,16H,10-12H2,1-3H3,(H,21,22). The van der Waals surface area contributed by atoms with Gasteiger partial charge in [-0.25, -0.2) is 12.7 Å². The molecule has 0 fully saturated rings. The zero-order valence-corrected chi connectivity index (χ0v) is 17.3. The van der Waals surface area contributed by atoms with Crippen molar-refractivity contribution in [3.05, 3.63) is 53.1 Å². The Hall–Kier alpha value is -2.78. The van der Waals surface area contributed by atoms with Crippen molar-refractivity contribution in [3.63, 3.8) is 0 Å². The Balaban J connectivity index is 1.53. The number of sulfonamides is 1. The van der Waals surface area contributed by atoms with Crippen molar-refractivity contribution >= 4 is 21.7 Å². The minimum atomic E-state index is -3.32. The zero-order chi connectivity index (χ0) is 20.6. The van der Waals surface area contributed by atoms with Gasteiger partial charge in [-0.2, -0.15) is 4.99 Å². The first kappa shape index (κ1) is 19.5. The Bertz CT molecular complexity index is 1070. The predicted octanol–water partition coefficient (Wildman–Crippen LogP) is 2.33. The topological polar surface area (TPSA) is 89.5 Å². The summed E-state index contributed by atoms with van der Waals surface area (Å²) in [6, 6.07) is 11.4. The van der Waals surface area contributed by atoms with Gasteiger partial charge in [-0.1, -0.05) is 12.1 Å². The van der Waals surface area contributed by atoms with Crippen molar-refractivity contribution in [1.82, 2.24) is 9.62 Å². The number of nitrogens with zero attached hydrogens (tertiary/aromatic N) is 2. The van der Waals surface area contributed by atoms with Gasteiger partial charge >= 0.3 is 0 Å². The molecule has 1 atom stereocenters. The van der Waals surface area contributed by atoms with E-state index < -0.39 is 10.0 Å². The highest BCUT2D eigenvalue weighted by atomic mass is 32.2. The van der Waals surface area contributed by atoms with Crippen LogP contribution in [0.15, 0.2) is 41.4 Å². The van der Waals surface area contributed by atoms with Crippen molar-refractivity contribution in [2.45, 2.75) is 18.4 Å². The molecule has 2 heterocycles. The molecule has 9 heteroatoms. The largest absolute Gasteiger partial charge is 0.496 e. The van der Waals surface area contributed by atoms with Crippen LogP contribution in [0.2, 0.25) is 0 Å². The molecular weight excluding hydrogens is 394 g/mol. The summed E-state index contributed by atoms with van der Waals surface area (Å²) in [6.07, 6.45) is 0. The van der Waals surface area contributed by atoms with Crippen molar-refractivity contribution in [1.29, 1.82) is 0 Å². The van der Waals surface area contributed by atoms with Crippen molar-refractivity contribution in [2.24, 2.45) is 4.99 Å². The van der Waals surface area contributed by atoms with E-state index >= 15 is 0 Å². The Morgan fingerprint density at radius 2 is 2.07 bits per heavy atom. The average molecular weight is 417 g/mol. The maximum Gasteiger partial charge on any atom is 0.290 e. The van der Waals surface area contributed by atoms with Gasteiger partial charge < -0.3 is 19.5 Å². The molecule has 8 nitrogen and oxygen atoms in total. The monoisotopic (exact) mass is 417 g/mol. The van der Waals surface area contributed by atoms with Crippen LogP contribution in [0.5, 0.6) is 11.5 Å². The number of hydrogen-bond donors (Lipinski definition) is 1. The van der Waals surface area contributed by atoms with Gasteiger partial charge in [-0.05, 0) is 29.8 Å². The molecular formula is C20H23N3O5S. The van der Waals surface area contributed by atoms with Gasteiger partial charge in [0.2, 0.25) is 10.0 Å². The summed E-state index contributed by atoms with van der Waals surface area (Å²) in [5.41, 5.74) is 3.25. The molecule has 0 radical (unpaired) electrons. The summed E-state index contributed by atoms with van der Waals surface area (Å²) < 4.78 is 42.4. The molecule has 0 saturated heterocycles. The van der Waals surface area contributed by atoms with Gasteiger partial charge in [0.15, 0.2) is 0 Å². The molecule has 2 aliphatic heterocycles. The first-order valence-electron chi connectivity index (χ1n) is 9.17. The van der Waals surface area contributed by atoms with Gasteiger partial charge in [0.1, 0.15) is 24.7 Å². The lowest BCUT2D eigenvalue weighted by molar-refractivity contribution is 0.256. The fourth-order valence-corrected chi connectivity index (χ4v) is 4.20. The maximum atomic E-state index is 12.1. The van der Waals surface area contributed by atoms with Gasteiger partial charge in [0.25, 0.3) is 6.02 Å². The van der Waals surface area contributed by atoms with E-state index in [2.05, 4.69) is 10.3 Å². The van der Waals surface area contributed by atoms with Crippen LogP contribution in [-0.2, 0) is 27.1 Å². The number of rotatable bonds is 5. The van der Waals surface area contributed by atoms with Gasteiger partial charge in [0, 0.05) is 19.7 Å². The molecule has 0 saturated carbocycles. The third-order valence-electron chi connectivity index (χ3n) is 4.93. The fraction of sp³-hybridized carbons (Fsp3) is 0.350. The van der Waals surface area contributed by atoms with Gasteiger partial charge in [-0.15, -0.1) is 0 Å². The smallest absolute Gasteiger partial charge is 0.290 e. The summed E-state index contributed by atoms with van der Waals surface area (Å²) >= 11 is 0. The molecule has 0 aromatic heterocycles. The van der Waals surface area contributed by atoms with Crippen molar-refractivity contribution in [2.75, 3.05) is 27.8 Å². The molecule has 0 spiro atoms. The first-order chi connectivity index (χ1) is 13.9. The number of nitrogens with one attached hydrogen (secondary N) is 1. The van der Waals surface area contributed by atoms with E-state index in [1.54, 1.807) is 13.2 Å².